The van der Waals surface area contributed by atoms with Crippen LogP contribution in [0.25, 0.3) is 22.2 Å². The quantitative estimate of drug-likeness (QED) is 0.512. The smallest absolute Gasteiger partial charge is 0.260 e. The summed E-state index contributed by atoms with van der Waals surface area (Å²) in [4.78, 5) is 18.3. The van der Waals surface area contributed by atoms with Gasteiger partial charge >= 0.3 is 0 Å². The van der Waals surface area contributed by atoms with Gasteiger partial charge in [-0.3, -0.25) is 4.79 Å². The Balaban J connectivity index is 1.38. The molecule has 1 aromatic heterocycles. The molecule has 0 atom stereocenters. The number of rotatable bonds is 6. The van der Waals surface area contributed by atoms with Gasteiger partial charge in [-0.05, 0) is 11.5 Å². The minimum atomic E-state index is -0.174. The van der Waals surface area contributed by atoms with E-state index in [0.717, 1.165) is 16.3 Å². The topological polar surface area (TPSA) is 68.5 Å². The number of likely N-dealkylation sites (N-methyl/N-ethyl adjacent to an activating group) is 1. The van der Waals surface area contributed by atoms with Gasteiger partial charge in [-0.1, -0.05) is 71.9 Å². The van der Waals surface area contributed by atoms with E-state index in [2.05, 4.69) is 10.1 Å². The fourth-order valence-electron chi connectivity index (χ4n) is 2.89. The van der Waals surface area contributed by atoms with Crippen molar-refractivity contribution in [3.63, 3.8) is 0 Å². The number of benzene rings is 3. The molecule has 0 bridgehead atoms. The molecule has 0 N–H and O–H groups in total. The molecule has 28 heavy (non-hydrogen) atoms. The number of carbonyl (C=O) groups excluding carboxylic acids is 1. The van der Waals surface area contributed by atoms with Crippen molar-refractivity contribution in [2.45, 2.75) is 6.54 Å². The lowest BCUT2D eigenvalue weighted by Crippen LogP contribution is -2.31. The van der Waals surface area contributed by atoms with Crippen LogP contribution < -0.4 is 4.74 Å². The Morgan fingerprint density at radius 1 is 1.00 bits per heavy atom. The van der Waals surface area contributed by atoms with Gasteiger partial charge < -0.3 is 14.2 Å². The highest BCUT2D eigenvalue weighted by molar-refractivity contribution is 5.88. The molecule has 1 heterocycles. The third-order valence-corrected chi connectivity index (χ3v) is 4.40. The number of ether oxygens (including phenoxy) is 1. The Morgan fingerprint density at radius 3 is 2.61 bits per heavy atom. The standard InChI is InChI=1S/C22H19N3O3/c1-25(14-20-23-22(24-28-20)17-9-3-2-4-10-17)21(26)15-27-19-13-7-11-16-8-5-6-12-18(16)19/h2-13H,14-15H2,1H3. The van der Waals surface area contributed by atoms with Crippen molar-refractivity contribution in [3.8, 4) is 17.1 Å². The molecular weight excluding hydrogens is 354 g/mol. The van der Waals surface area contributed by atoms with Crippen LogP contribution in [-0.2, 0) is 11.3 Å². The largest absolute Gasteiger partial charge is 0.483 e. The highest BCUT2D eigenvalue weighted by Gasteiger charge is 2.15. The molecule has 0 unspecified atom stereocenters. The number of fused-ring (bicyclic) bond motifs is 1. The van der Waals surface area contributed by atoms with Crippen LogP contribution in [0.2, 0.25) is 0 Å². The molecule has 0 saturated heterocycles. The molecule has 3 aromatic carbocycles. The maximum atomic E-state index is 12.4. The molecule has 0 fully saturated rings. The molecule has 0 saturated carbocycles. The molecule has 140 valence electrons. The maximum absolute atomic E-state index is 12.4. The van der Waals surface area contributed by atoms with E-state index in [1.807, 2.05) is 72.8 Å². The summed E-state index contributed by atoms with van der Waals surface area (Å²) in [5.74, 6) is 1.39. The van der Waals surface area contributed by atoms with Crippen molar-refractivity contribution in [2.75, 3.05) is 13.7 Å². The van der Waals surface area contributed by atoms with E-state index in [0.29, 0.717) is 17.5 Å². The van der Waals surface area contributed by atoms with Crippen LogP contribution in [0.5, 0.6) is 5.75 Å². The van der Waals surface area contributed by atoms with Crippen LogP contribution in [0, 0.1) is 0 Å². The van der Waals surface area contributed by atoms with E-state index < -0.39 is 0 Å². The van der Waals surface area contributed by atoms with Crippen LogP contribution in [0.15, 0.2) is 77.3 Å². The van der Waals surface area contributed by atoms with E-state index >= 15 is 0 Å². The normalized spacial score (nSPS) is 10.8. The second-order valence-electron chi connectivity index (χ2n) is 6.39. The van der Waals surface area contributed by atoms with Gasteiger partial charge in [0.1, 0.15) is 5.75 Å². The van der Waals surface area contributed by atoms with E-state index in [1.54, 1.807) is 7.05 Å². The molecule has 0 spiro atoms. The van der Waals surface area contributed by atoms with Crippen LogP contribution in [0.1, 0.15) is 5.89 Å². The van der Waals surface area contributed by atoms with Gasteiger partial charge in [-0.25, -0.2) is 0 Å². The number of hydrogen-bond acceptors (Lipinski definition) is 5. The molecule has 6 heteroatoms. The van der Waals surface area contributed by atoms with E-state index in [-0.39, 0.29) is 19.1 Å². The second kappa shape index (κ2) is 7.92. The molecule has 1 amide bonds. The summed E-state index contributed by atoms with van der Waals surface area (Å²) in [6, 6.07) is 23.2. The molecule has 0 radical (unpaired) electrons. The zero-order valence-electron chi connectivity index (χ0n) is 15.4. The molecule has 0 aliphatic rings. The summed E-state index contributed by atoms with van der Waals surface area (Å²) in [6.07, 6.45) is 0. The molecule has 6 nitrogen and oxygen atoms in total. The Kier molecular flexibility index (Phi) is 5.01. The molecule has 0 aliphatic heterocycles. The van der Waals surface area contributed by atoms with Crippen molar-refractivity contribution in [3.05, 3.63) is 78.7 Å². The van der Waals surface area contributed by atoms with Gasteiger partial charge in [0.15, 0.2) is 6.61 Å². The van der Waals surface area contributed by atoms with Crippen molar-refractivity contribution in [2.24, 2.45) is 0 Å². The number of hydrogen-bond donors (Lipinski definition) is 0. The second-order valence-corrected chi connectivity index (χ2v) is 6.39. The highest BCUT2D eigenvalue weighted by Crippen LogP contribution is 2.25. The predicted molar refractivity (Wildman–Crippen MR) is 106 cm³/mol. The first kappa shape index (κ1) is 17.7. The summed E-state index contributed by atoms with van der Waals surface area (Å²) >= 11 is 0. The number of carbonyl (C=O) groups is 1. The van der Waals surface area contributed by atoms with Gasteiger partial charge in [0, 0.05) is 18.0 Å². The third kappa shape index (κ3) is 3.86. The Labute approximate surface area is 162 Å². The molecular formula is C22H19N3O3. The monoisotopic (exact) mass is 373 g/mol. The summed E-state index contributed by atoms with van der Waals surface area (Å²) in [6.45, 7) is 0.155. The molecule has 4 rings (SSSR count). The lowest BCUT2D eigenvalue weighted by Gasteiger charge is -2.16. The van der Waals surface area contributed by atoms with Gasteiger partial charge in [0.05, 0.1) is 6.54 Å². The summed E-state index contributed by atoms with van der Waals surface area (Å²) in [5.41, 5.74) is 0.866. The summed E-state index contributed by atoms with van der Waals surface area (Å²) in [7, 11) is 1.68. The van der Waals surface area contributed by atoms with Crippen molar-refractivity contribution in [1.29, 1.82) is 0 Å². The van der Waals surface area contributed by atoms with Gasteiger partial charge in [-0.15, -0.1) is 0 Å². The van der Waals surface area contributed by atoms with Crippen molar-refractivity contribution < 1.29 is 14.1 Å². The number of nitrogens with zero attached hydrogens (tertiary/aromatic N) is 3. The minimum Gasteiger partial charge on any atom is -0.483 e. The van der Waals surface area contributed by atoms with Crippen molar-refractivity contribution in [1.82, 2.24) is 15.0 Å². The SMILES string of the molecule is CN(Cc1nc(-c2ccccc2)no1)C(=O)COc1cccc2ccccc12. The summed E-state index contributed by atoms with van der Waals surface area (Å²) < 4.78 is 11.0. The van der Waals surface area contributed by atoms with Crippen LogP contribution in [0.3, 0.4) is 0 Å². The maximum Gasteiger partial charge on any atom is 0.260 e. The zero-order chi connectivity index (χ0) is 19.3. The number of aromatic nitrogens is 2. The van der Waals surface area contributed by atoms with Crippen LogP contribution >= 0.6 is 0 Å². The molecule has 4 aromatic rings. The van der Waals surface area contributed by atoms with Crippen LogP contribution in [-0.4, -0.2) is 34.6 Å². The van der Waals surface area contributed by atoms with E-state index in [9.17, 15) is 4.79 Å². The Morgan fingerprint density at radius 2 is 1.75 bits per heavy atom. The minimum absolute atomic E-state index is 0.0653. The average Bonchev–Trinajstić information content (AvgIpc) is 3.21. The first-order valence-electron chi connectivity index (χ1n) is 8.93. The van der Waals surface area contributed by atoms with E-state index in [1.165, 1.54) is 4.90 Å². The number of amides is 1. The van der Waals surface area contributed by atoms with Gasteiger partial charge in [0.2, 0.25) is 11.7 Å². The van der Waals surface area contributed by atoms with Gasteiger partial charge in [0.25, 0.3) is 5.91 Å². The van der Waals surface area contributed by atoms with E-state index in [4.69, 9.17) is 9.26 Å². The third-order valence-electron chi connectivity index (χ3n) is 4.40. The molecule has 0 aliphatic carbocycles. The average molecular weight is 373 g/mol. The van der Waals surface area contributed by atoms with Gasteiger partial charge in [-0.2, -0.15) is 4.98 Å². The fourth-order valence-corrected chi connectivity index (χ4v) is 2.89. The Bertz CT molecular complexity index is 1090. The van der Waals surface area contributed by atoms with Crippen molar-refractivity contribution >= 4 is 16.7 Å². The Hall–Kier alpha value is -3.67. The van der Waals surface area contributed by atoms with Crippen LogP contribution in [0.4, 0.5) is 0 Å². The lowest BCUT2D eigenvalue weighted by molar-refractivity contribution is -0.132. The first-order chi connectivity index (χ1) is 13.7. The zero-order valence-corrected chi connectivity index (χ0v) is 15.4. The highest BCUT2D eigenvalue weighted by atomic mass is 16.5. The lowest BCUT2D eigenvalue weighted by atomic mass is 10.1. The fraction of sp³-hybridized carbons (Fsp3) is 0.136. The summed E-state index contributed by atoms with van der Waals surface area (Å²) in [5, 5.41) is 6.02. The first-order valence-corrected chi connectivity index (χ1v) is 8.93. The predicted octanol–water partition coefficient (Wildman–Crippen LogP) is 3.93.